The number of nitro benzene ring substituents is 1. The van der Waals surface area contributed by atoms with Crippen LogP contribution >= 0.6 is 0 Å². The zero-order chi connectivity index (χ0) is 33.9. The van der Waals surface area contributed by atoms with Crippen molar-refractivity contribution in [1.29, 1.82) is 0 Å². The van der Waals surface area contributed by atoms with E-state index in [1.54, 1.807) is 67.3 Å². The number of aromatic nitrogens is 3. The van der Waals surface area contributed by atoms with Crippen LogP contribution in [0, 0.1) is 16.2 Å². The summed E-state index contributed by atoms with van der Waals surface area (Å²) in [6.45, 7) is 5.55. The van der Waals surface area contributed by atoms with Crippen molar-refractivity contribution in [3.05, 3.63) is 155 Å². The van der Waals surface area contributed by atoms with Crippen LogP contribution in [0.15, 0.2) is 139 Å². The first-order valence-electron chi connectivity index (χ1n) is 14.2. The number of pyridine rings is 2. The second-order valence-corrected chi connectivity index (χ2v) is 12.3. The maximum atomic E-state index is 12.6. The van der Waals surface area contributed by atoms with Gasteiger partial charge in [-0.3, -0.25) is 24.6 Å². The number of fused-ring (bicyclic) bond motifs is 1. The van der Waals surface area contributed by atoms with Crippen LogP contribution in [0.5, 0.6) is 0 Å². The fourth-order valence-corrected chi connectivity index (χ4v) is 5.28. The van der Waals surface area contributed by atoms with Crippen LogP contribution in [0.25, 0.3) is 26.9 Å². The molecule has 0 aliphatic heterocycles. The molecule has 6 aromatic rings. The molecule has 0 saturated heterocycles. The Kier molecular flexibility index (Phi) is 13.1. The first-order chi connectivity index (χ1) is 22.5. The standard InChI is InChI=1S/C17H12N3O4S.C13H14NO2.C5H5N.Ni/c21-20(22)16-10-3-4-11-17(16)25(23,24)19-15-9-2-1-7-13(15)14-8-5-6-12-18-14;1-13(2,3)16-12(15)14-9-8-10-6-4-5-7-11(10)14;1-2-4-6-5-3-1;/h1-12H;5-9H,1-3H3;1-5H;/q2*-1;;+2. The van der Waals surface area contributed by atoms with Crippen molar-refractivity contribution >= 4 is 38.4 Å². The summed E-state index contributed by atoms with van der Waals surface area (Å²) < 4.78 is 35.9. The normalized spacial score (nSPS) is 10.6. The van der Waals surface area contributed by atoms with Gasteiger partial charge < -0.3 is 9.46 Å². The van der Waals surface area contributed by atoms with E-state index in [0.29, 0.717) is 11.3 Å². The number of hydrogen-bond acceptors (Lipinski definition) is 8. The monoisotopic (exact) mass is 707 g/mol. The number of nitrogens with zero attached hydrogens (tertiary/aromatic N) is 5. The Balaban J connectivity index is 0.000000231. The number of carbonyl (C=O) groups is 1. The van der Waals surface area contributed by atoms with Gasteiger partial charge in [0, 0.05) is 30.9 Å². The molecule has 0 N–H and O–H groups in total. The van der Waals surface area contributed by atoms with Crippen molar-refractivity contribution in [2.75, 3.05) is 0 Å². The fraction of sp³-hybridized carbons (Fsp3) is 0.114. The van der Waals surface area contributed by atoms with Gasteiger partial charge in [-0.05, 0) is 62.2 Å². The predicted molar refractivity (Wildman–Crippen MR) is 180 cm³/mol. The first-order valence-corrected chi connectivity index (χ1v) is 15.7. The molecule has 0 aliphatic rings. The van der Waals surface area contributed by atoms with Crippen LogP contribution in [0.4, 0.5) is 16.2 Å². The van der Waals surface area contributed by atoms with Gasteiger partial charge in [0.15, 0.2) is 0 Å². The van der Waals surface area contributed by atoms with E-state index in [-0.39, 0.29) is 28.3 Å². The van der Waals surface area contributed by atoms with E-state index < -0.39 is 31.1 Å². The number of hydrogen-bond donors (Lipinski definition) is 0. The van der Waals surface area contributed by atoms with Gasteiger partial charge in [-0.1, -0.05) is 54.6 Å². The summed E-state index contributed by atoms with van der Waals surface area (Å²) in [5.74, 6) is 0. The molecule has 0 aliphatic carbocycles. The molecule has 0 radical (unpaired) electrons. The fourth-order valence-electron chi connectivity index (χ4n) is 4.10. The zero-order valence-corrected chi connectivity index (χ0v) is 27.9. The molecule has 0 fully saturated rings. The quantitative estimate of drug-likeness (QED) is 0.0751. The van der Waals surface area contributed by atoms with Crippen LogP contribution in [0.1, 0.15) is 20.8 Å². The third-order valence-electron chi connectivity index (χ3n) is 6.09. The van der Waals surface area contributed by atoms with Crippen LogP contribution in [-0.2, 0) is 31.3 Å². The van der Waals surface area contributed by atoms with Crippen molar-refractivity contribution in [2.24, 2.45) is 0 Å². The average molecular weight is 708 g/mol. The molecule has 248 valence electrons. The molecule has 3 aromatic carbocycles. The molecule has 11 nitrogen and oxygen atoms in total. The predicted octanol–water partition coefficient (Wildman–Crippen LogP) is 8.35. The first kappa shape index (κ1) is 37.1. The van der Waals surface area contributed by atoms with E-state index in [4.69, 9.17) is 4.74 Å². The van der Waals surface area contributed by atoms with E-state index in [1.165, 1.54) is 28.8 Å². The third kappa shape index (κ3) is 10.3. The molecule has 3 aromatic heterocycles. The van der Waals surface area contributed by atoms with Gasteiger partial charge in [-0.15, -0.1) is 17.1 Å². The Labute approximate surface area is 288 Å². The van der Waals surface area contributed by atoms with Gasteiger partial charge in [0.25, 0.3) is 5.69 Å². The van der Waals surface area contributed by atoms with Gasteiger partial charge in [0.05, 0.1) is 10.6 Å². The number of ether oxygens (including phenoxy) is 1. The smallest absolute Gasteiger partial charge is 0.572 e. The molecule has 6 rings (SSSR count). The van der Waals surface area contributed by atoms with Crippen molar-refractivity contribution < 1.29 is 39.4 Å². The Morgan fingerprint density at radius 2 is 1.56 bits per heavy atom. The molecule has 0 amide bonds. The van der Waals surface area contributed by atoms with E-state index in [2.05, 4.69) is 20.8 Å². The van der Waals surface area contributed by atoms with Gasteiger partial charge in [0.2, 0.25) is 0 Å². The minimum absolute atomic E-state index is 0. The van der Waals surface area contributed by atoms with Crippen molar-refractivity contribution in [2.45, 2.75) is 31.3 Å². The maximum Gasteiger partial charge on any atom is 2.00 e. The summed E-state index contributed by atoms with van der Waals surface area (Å²) in [7, 11) is -4.26. The van der Waals surface area contributed by atoms with E-state index in [9.17, 15) is 23.3 Å². The number of rotatable bonds is 5. The zero-order valence-electron chi connectivity index (χ0n) is 26.1. The summed E-state index contributed by atoms with van der Waals surface area (Å²) in [4.78, 5) is 29.8. The molecule has 0 spiro atoms. The van der Waals surface area contributed by atoms with Gasteiger partial charge in [-0.2, -0.15) is 18.2 Å². The van der Waals surface area contributed by atoms with Gasteiger partial charge >= 0.3 is 22.6 Å². The molecular weight excluding hydrogens is 677 g/mol. The van der Waals surface area contributed by atoms with Crippen molar-refractivity contribution in [3.8, 4) is 11.3 Å². The molecule has 13 heteroatoms. The second-order valence-electron chi connectivity index (χ2n) is 10.7. The number of benzene rings is 3. The topological polar surface area (TPSA) is 148 Å². The Morgan fingerprint density at radius 1 is 0.896 bits per heavy atom. The van der Waals surface area contributed by atoms with E-state index in [0.717, 1.165) is 17.0 Å². The number of carbonyl (C=O) groups excluding carboxylic acids is 1. The van der Waals surface area contributed by atoms with Crippen LogP contribution in [-0.4, -0.2) is 39.6 Å². The average Bonchev–Trinajstić information content (AvgIpc) is 3.51. The second kappa shape index (κ2) is 17.0. The molecular formula is C35H31N5NiO6S. The summed E-state index contributed by atoms with van der Waals surface area (Å²) in [6.07, 6.45) is 6.45. The largest absolute Gasteiger partial charge is 2.00 e. The third-order valence-corrected chi connectivity index (χ3v) is 7.43. The number of para-hydroxylation sites is 1. The van der Waals surface area contributed by atoms with Crippen molar-refractivity contribution in [1.82, 2.24) is 14.5 Å². The molecule has 48 heavy (non-hydrogen) atoms. The van der Waals surface area contributed by atoms with Gasteiger partial charge in [-0.25, -0.2) is 13.2 Å². The summed E-state index contributed by atoms with van der Waals surface area (Å²) in [5, 5.41) is 12.1. The Hall–Kier alpha value is -5.39. The summed E-state index contributed by atoms with van der Waals surface area (Å²) in [6, 6.07) is 33.0. The molecule has 0 atom stereocenters. The van der Waals surface area contributed by atoms with Crippen LogP contribution in [0.3, 0.4) is 0 Å². The molecule has 3 heterocycles. The minimum Gasteiger partial charge on any atom is -0.572 e. The molecule has 0 saturated carbocycles. The molecule has 0 bridgehead atoms. The summed E-state index contributed by atoms with van der Waals surface area (Å²) in [5.41, 5.74) is 1.09. The SMILES string of the molecule is CC(C)(C)OC(=O)n1ccc2c[c-]ccc21.O=[N+]([O-])c1ccccc1S(=O)(=O)[N-]c1ccccc1-c1ccccn1.[Ni+2].c1ccncc1. The summed E-state index contributed by atoms with van der Waals surface area (Å²) >= 11 is 0. The van der Waals surface area contributed by atoms with E-state index >= 15 is 0 Å². The minimum atomic E-state index is -4.26. The van der Waals surface area contributed by atoms with Gasteiger partial charge in [0.1, 0.15) is 20.5 Å². The molecule has 0 unspecified atom stereocenters. The van der Waals surface area contributed by atoms with Crippen LogP contribution < -0.4 is 0 Å². The van der Waals surface area contributed by atoms with Crippen molar-refractivity contribution in [3.63, 3.8) is 0 Å². The maximum absolute atomic E-state index is 12.6. The Bertz CT molecular complexity index is 2020. The number of nitro groups is 1. The van der Waals surface area contributed by atoms with Crippen LogP contribution in [0.2, 0.25) is 0 Å². The van der Waals surface area contributed by atoms with E-state index in [1.807, 2.05) is 57.2 Å². The number of sulfonamides is 1. The Morgan fingerprint density at radius 3 is 2.19 bits per heavy atom.